The summed E-state index contributed by atoms with van der Waals surface area (Å²) in [5.74, 6) is -3.77. The van der Waals surface area contributed by atoms with Gasteiger partial charge in [-0.05, 0) is 18.6 Å². The number of benzene rings is 1. The average Bonchev–Trinajstić information content (AvgIpc) is 2.31. The van der Waals surface area contributed by atoms with Crippen molar-refractivity contribution in [3.8, 4) is 0 Å². The summed E-state index contributed by atoms with van der Waals surface area (Å²) in [5.41, 5.74) is -0.232. The van der Waals surface area contributed by atoms with E-state index >= 15 is 0 Å². The van der Waals surface area contributed by atoms with Gasteiger partial charge in [0, 0.05) is 5.56 Å². The Balaban J connectivity index is 2.78. The molecular formula is C12H11ClF2O3. The van der Waals surface area contributed by atoms with Gasteiger partial charge < -0.3 is 4.74 Å². The molecule has 0 bridgehead atoms. The van der Waals surface area contributed by atoms with Crippen LogP contribution in [0, 0.1) is 11.6 Å². The summed E-state index contributed by atoms with van der Waals surface area (Å²) in [7, 11) is 0. The van der Waals surface area contributed by atoms with Crippen LogP contribution in [0.15, 0.2) is 12.1 Å². The van der Waals surface area contributed by atoms with E-state index in [0.29, 0.717) is 18.6 Å². The molecule has 0 unspecified atom stereocenters. The van der Waals surface area contributed by atoms with E-state index in [9.17, 15) is 18.4 Å². The molecule has 0 atom stereocenters. The highest BCUT2D eigenvalue weighted by atomic mass is 35.5. The summed E-state index contributed by atoms with van der Waals surface area (Å²) in [6.45, 7) is 2.01. The van der Waals surface area contributed by atoms with Gasteiger partial charge in [-0.25, -0.2) is 8.78 Å². The van der Waals surface area contributed by atoms with Crippen LogP contribution in [0.4, 0.5) is 8.78 Å². The van der Waals surface area contributed by atoms with Crippen molar-refractivity contribution in [1.29, 1.82) is 0 Å². The predicted octanol–water partition coefficient (Wildman–Crippen LogP) is 3.14. The normalized spacial score (nSPS) is 10.2. The van der Waals surface area contributed by atoms with Crippen LogP contribution < -0.4 is 0 Å². The highest BCUT2D eigenvalue weighted by molar-refractivity contribution is 6.34. The molecule has 0 aromatic heterocycles. The van der Waals surface area contributed by atoms with E-state index in [1.165, 1.54) is 0 Å². The zero-order valence-electron chi connectivity index (χ0n) is 9.63. The molecule has 3 nitrogen and oxygen atoms in total. The van der Waals surface area contributed by atoms with Gasteiger partial charge in [0.05, 0.1) is 11.6 Å². The fourth-order valence-corrected chi connectivity index (χ4v) is 1.49. The molecule has 0 N–H and O–H groups in total. The van der Waals surface area contributed by atoms with Crippen LogP contribution in [-0.4, -0.2) is 18.4 Å². The molecule has 0 amide bonds. The third-order valence-corrected chi connectivity index (χ3v) is 2.40. The molecule has 0 saturated carbocycles. The van der Waals surface area contributed by atoms with Crippen LogP contribution in [-0.2, 0) is 9.53 Å². The van der Waals surface area contributed by atoms with Gasteiger partial charge in [-0.15, -0.1) is 0 Å². The Morgan fingerprint density at radius 2 is 1.89 bits per heavy atom. The van der Waals surface area contributed by atoms with Crippen molar-refractivity contribution in [2.45, 2.75) is 19.8 Å². The third kappa shape index (κ3) is 3.77. The number of hydrogen-bond acceptors (Lipinski definition) is 3. The van der Waals surface area contributed by atoms with Crippen LogP contribution in [0.3, 0.4) is 0 Å². The number of Topliss-reactive ketones (excluding diaryl/α,β-unsaturated/α-hetero) is 1. The Kier molecular flexibility index (Phi) is 5.22. The number of ketones is 1. The van der Waals surface area contributed by atoms with Crippen molar-refractivity contribution >= 4 is 23.4 Å². The van der Waals surface area contributed by atoms with Crippen LogP contribution in [0.25, 0.3) is 0 Å². The lowest BCUT2D eigenvalue weighted by Gasteiger charge is -2.05. The molecule has 0 aliphatic heterocycles. The maximum Gasteiger partial charge on any atom is 0.313 e. The molecule has 0 aliphatic carbocycles. The van der Waals surface area contributed by atoms with Gasteiger partial charge in [0.25, 0.3) is 0 Å². The van der Waals surface area contributed by atoms with Gasteiger partial charge in [0.15, 0.2) is 17.4 Å². The molecule has 18 heavy (non-hydrogen) atoms. The quantitative estimate of drug-likeness (QED) is 0.359. The molecule has 0 aliphatic rings. The Morgan fingerprint density at radius 3 is 2.50 bits per heavy atom. The Labute approximate surface area is 108 Å². The topological polar surface area (TPSA) is 43.4 Å². The monoisotopic (exact) mass is 276 g/mol. The van der Waals surface area contributed by atoms with E-state index in [2.05, 4.69) is 0 Å². The lowest BCUT2D eigenvalue weighted by molar-refractivity contribution is -0.142. The number of halogens is 3. The second-order valence-electron chi connectivity index (χ2n) is 3.57. The number of ether oxygens (including phenoxy) is 1. The second-order valence-corrected chi connectivity index (χ2v) is 3.97. The van der Waals surface area contributed by atoms with Gasteiger partial charge in [-0.3, -0.25) is 9.59 Å². The standard InChI is InChI=1S/C12H11ClF2O3/c1-2-3-18-12(17)6-11(16)7-4-9(14)10(15)5-8(7)13/h4-5H,2-3,6H2,1H3. The molecule has 0 saturated heterocycles. The molecule has 6 heteroatoms. The Bertz CT molecular complexity index is 475. The van der Waals surface area contributed by atoms with E-state index in [4.69, 9.17) is 16.3 Å². The van der Waals surface area contributed by atoms with Gasteiger partial charge in [-0.1, -0.05) is 18.5 Å². The SMILES string of the molecule is CCCOC(=O)CC(=O)c1cc(F)c(F)cc1Cl. The maximum atomic E-state index is 13.0. The second kappa shape index (κ2) is 6.44. The molecule has 0 fully saturated rings. The van der Waals surface area contributed by atoms with E-state index in [-0.39, 0.29) is 17.2 Å². The number of hydrogen-bond donors (Lipinski definition) is 0. The highest BCUT2D eigenvalue weighted by Crippen LogP contribution is 2.21. The van der Waals surface area contributed by atoms with E-state index < -0.39 is 29.8 Å². The fourth-order valence-electron chi connectivity index (χ4n) is 1.23. The lowest BCUT2D eigenvalue weighted by atomic mass is 10.1. The predicted molar refractivity (Wildman–Crippen MR) is 61.6 cm³/mol. The lowest BCUT2D eigenvalue weighted by Crippen LogP contribution is -2.12. The molecule has 0 spiro atoms. The van der Waals surface area contributed by atoms with Crippen molar-refractivity contribution in [3.63, 3.8) is 0 Å². The summed E-state index contributed by atoms with van der Waals surface area (Å²) < 4.78 is 30.5. The van der Waals surface area contributed by atoms with Crippen LogP contribution in [0.5, 0.6) is 0 Å². The number of carbonyl (C=O) groups is 2. The number of rotatable bonds is 5. The molecule has 0 radical (unpaired) electrons. The minimum absolute atomic E-state index is 0.206. The van der Waals surface area contributed by atoms with Crippen molar-refractivity contribution in [1.82, 2.24) is 0 Å². The highest BCUT2D eigenvalue weighted by Gasteiger charge is 2.18. The first kappa shape index (κ1) is 14.6. The van der Waals surface area contributed by atoms with Gasteiger partial charge in [-0.2, -0.15) is 0 Å². The van der Waals surface area contributed by atoms with Crippen LogP contribution in [0.2, 0.25) is 5.02 Å². The number of esters is 1. The summed E-state index contributed by atoms with van der Waals surface area (Å²) in [6.07, 6.45) is 0.0800. The smallest absolute Gasteiger partial charge is 0.313 e. The first-order valence-corrected chi connectivity index (χ1v) is 5.66. The van der Waals surface area contributed by atoms with Crippen molar-refractivity contribution in [2.24, 2.45) is 0 Å². The minimum Gasteiger partial charge on any atom is -0.465 e. The third-order valence-electron chi connectivity index (χ3n) is 2.08. The maximum absolute atomic E-state index is 13.0. The summed E-state index contributed by atoms with van der Waals surface area (Å²) >= 11 is 5.60. The molecule has 98 valence electrons. The average molecular weight is 277 g/mol. The first-order valence-electron chi connectivity index (χ1n) is 5.29. The fraction of sp³-hybridized carbons (Fsp3) is 0.333. The van der Waals surface area contributed by atoms with Gasteiger partial charge in [0.2, 0.25) is 0 Å². The zero-order valence-corrected chi connectivity index (χ0v) is 10.4. The zero-order chi connectivity index (χ0) is 13.7. The minimum atomic E-state index is -1.19. The Hall–Kier alpha value is -1.49. The van der Waals surface area contributed by atoms with Crippen molar-refractivity contribution in [3.05, 3.63) is 34.4 Å². The molecule has 1 aromatic rings. The van der Waals surface area contributed by atoms with E-state index in [1.807, 2.05) is 0 Å². The van der Waals surface area contributed by atoms with Crippen molar-refractivity contribution in [2.75, 3.05) is 6.61 Å². The number of carbonyl (C=O) groups excluding carboxylic acids is 2. The van der Waals surface area contributed by atoms with Crippen molar-refractivity contribution < 1.29 is 23.1 Å². The van der Waals surface area contributed by atoms with Gasteiger partial charge in [0.1, 0.15) is 6.42 Å². The molecule has 0 heterocycles. The summed E-state index contributed by atoms with van der Waals surface area (Å²) in [6, 6.07) is 1.37. The molecular weight excluding hydrogens is 266 g/mol. The summed E-state index contributed by atoms with van der Waals surface area (Å²) in [4.78, 5) is 22.8. The van der Waals surface area contributed by atoms with E-state index in [1.54, 1.807) is 6.92 Å². The largest absolute Gasteiger partial charge is 0.465 e. The molecule has 1 rings (SSSR count). The summed E-state index contributed by atoms with van der Waals surface area (Å²) in [5, 5.41) is -0.234. The molecule has 1 aromatic carbocycles. The van der Waals surface area contributed by atoms with Crippen LogP contribution in [0.1, 0.15) is 30.1 Å². The van der Waals surface area contributed by atoms with Gasteiger partial charge >= 0.3 is 5.97 Å². The first-order chi connectivity index (χ1) is 8.45. The van der Waals surface area contributed by atoms with Crippen LogP contribution >= 0.6 is 11.6 Å². The Morgan fingerprint density at radius 1 is 1.28 bits per heavy atom. The van der Waals surface area contributed by atoms with E-state index in [0.717, 1.165) is 0 Å².